The summed E-state index contributed by atoms with van der Waals surface area (Å²) in [6.45, 7) is 4.08. The number of Topliss-reactive ketones (excluding diaryl/α,β-unsaturated/α-hetero) is 1. The number of alkyl halides is 1. The molecule has 4 rings (SSSR count). The molecule has 0 spiro atoms. The molecule has 0 N–H and O–H groups in total. The molecule has 2 fully saturated rings. The van der Waals surface area contributed by atoms with E-state index in [1.807, 2.05) is 13.0 Å². The van der Waals surface area contributed by atoms with E-state index in [1.54, 1.807) is 6.08 Å². The highest BCUT2D eigenvalue weighted by Gasteiger charge is 2.57. The Balaban J connectivity index is 1.83. The summed E-state index contributed by atoms with van der Waals surface area (Å²) in [6.07, 6.45) is 8.68. The van der Waals surface area contributed by atoms with Gasteiger partial charge in [0.1, 0.15) is 12.0 Å². The SMILES string of the molecule is C[C@]12C=CC(=O)C=C1[C@@H](F)C[C@@H]1C2=CC[C@]2(C)C(=O)CC[C@@H]12. The second kappa shape index (κ2) is 4.27. The normalized spacial score (nSPS) is 46.6. The topological polar surface area (TPSA) is 34.1 Å². The summed E-state index contributed by atoms with van der Waals surface area (Å²) in [5.74, 6) is 0.595. The van der Waals surface area contributed by atoms with Crippen LogP contribution in [-0.4, -0.2) is 17.7 Å². The standard InChI is InChI=1S/C19H21FO2/c1-18-7-5-11(21)9-15(18)16(20)10-12-13-3-4-17(22)19(13,2)8-6-14(12)18/h5-7,9,12-13,16H,3-4,8,10H2,1-2H3/t12-,13-,16-,18+,19-/m0/s1. The van der Waals surface area contributed by atoms with E-state index >= 15 is 0 Å². The number of allylic oxidation sites excluding steroid dienone is 6. The van der Waals surface area contributed by atoms with Gasteiger partial charge in [0.05, 0.1) is 0 Å². The fourth-order valence-corrected chi connectivity index (χ4v) is 5.31. The lowest BCUT2D eigenvalue weighted by atomic mass is 9.53. The Bertz CT molecular complexity index is 671. The largest absolute Gasteiger partial charge is 0.299 e. The monoisotopic (exact) mass is 300 g/mol. The molecule has 0 aliphatic heterocycles. The molecule has 0 radical (unpaired) electrons. The highest BCUT2D eigenvalue weighted by atomic mass is 19.1. The lowest BCUT2D eigenvalue weighted by Crippen LogP contribution is -2.46. The van der Waals surface area contributed by atoms with Crippen LogP contribution in [0.2, 0.25) is 0 Å². The third-order valence-corrected chi connectivity index (χ3v) is 6.65. The van der Waals surface area contributed by atoms with Crippen molar-refractivity contribution in [3.63, 3.8) is 0 Å². The molecule has 3 heteroatoms. The van der Waals surface area contributed by atoms with Gasteiger partial charge in [-0.2, -0.15) is 0 Å². The third kappa shape index (κ3) is 1.60. The van der Waals surface area contributed by atoms with Crippen molar-refractivity contribution in [1.29, 1.82) is 0 Å². The maximum Gasteiger partial charge on any atom is 0.178 e. The minimum Gasteiger partial charge on any atom is -0.299 e. The average molecular weight is 300 g/mol. The smallest absolute Gasteiger partial charge is 0.178 e. The van der Waals surface area contributed by atoms with Crippen molar-refractivity contribution >= 4 is 11.6 Å². The molecule has 0 saturated heterocycles. The van der Waals surface area contributed by atoms with E-state index in [9.17, 15) is 14.0 Å². The van der Waals surface area contributed by atoms with Gasteiger partial charge in [-0.1, -0.05) is 24.6 Å². The number of ketones is 2. The van der Waals surface area contributed by atoms with Crippen LogP contribution in [0.4, 0.5) is 4.39 Å². The predicted octanol–water partition coefficient (Wildman–Crippen LogP) is 3.73. The molecule has 2 saturated carbocycles. The van der Waals surface area contributed by atoms with Crippen molar-refractivity contribution in [1.82, 2.24) is 0 Å². The van der Waals surface area contributed by atoms with Gasteiger partial charge < -0.3 is 0 Å². The molecule has 22 heavy (non-hydrogen) atoms. The van der Waals surface area contributed by atoms with E-state index in [0.717, 1.165) is 12.8 Å². The minimum absolute atomic E-state index is 0.120. The van der Waals surface area contributed by atoms with Crippen molar-refractivity contribution in [2.45, 2.75) is 45.7 Å². The first-order chi connectivity index (χ1) is 10.4. The van der Waals surface area contributed by atoms with E-state index in [1.165, 1.54) is 11.6 Å². The molecule has 2 nitrogen and oxygen atoms in total. The van der Waals surface area contributed by atoms with Gasteiger partial charge in [0.2, 0.25) is 0 Å². The highest BCUT2D eigenvalue weighted by Crippen LogP contribution is 2.61. The summed E-state index contributed by atoms with van der Waals surface area (Å²) in [6, 6.07) is 0. The zero-order chi connectivity index (χ0) is 15.7. The van der Waals surface area contributed by atoms with Crippen LogP contribution in [0.3, 0.4) is 0 Å². The van der Waals surface area contributed by atoms with E-state index in [4.69, 9.17) is 0 Å². The number of carbonyl (C=O) groups is 2. The molecular weight excluding hydrogens is 279 g/mol. The Hall–Kier alpha value is -1.51. The Labute approximate surface area is 130 Å². The molecular formula is C19H21FO2. The van der Waals surface area contributed by atoms with Gasteiger partial charge in [-0.3, -0.25) is 9.59 Å². The zero-order valence-electron chi connectivity index (χ0n) is 13.1. The predicted molar refractivity (Wildman–Crippen MR) is 81.9 cm³/mol. The summed E-state index contributed by atoms with van der Waals surface area (Å²) in [5.41, 5.74) is 1.05. The molecule has 5 atom stereocenters. The van der Waals surface area contributed by atoms with Crippen molar-refractivity contribution in [2.24, 2.45) is 22.7 Å². The molecule has 0 bridgehead atoms. The number of hydrogen-bond donors (Lipinski definition) is 0. The van der Waals surface area contributed by atoms with Crippen LogP contribution >= 0.6 is 0 Å². The summed E-state index contributed by atoms with van der Waals surface area (Å²) >= 11 is 0. The number of hydrogen-bond acceptors (Lipinski definition) is 2. The molecule has 0 aromatic heterocycles. The Morgan fingerprint density at radius 3 is 2.77 bits per heavy atom. The van der Waals surface area contributed by atoms with Gasteiger partial charge >= 0.3 is 0 Å². The summed E-state index contributed by atoms with van der Waals surface area (Å²) in [7, 11) is 0. The zero-order valence-corrected chi connectivity index (χ0v) is 13.1. The van der Waals surface area contributed by atoms with Crippen LogP contribution in [0, 0.1) is 22.7 Å². The van der Waals surface area contributed by atoms with Crippen LogP contribution < -0.4 is 0 Å². The van der Waals surface area contributed by atoms with Crippen LogP contribution in [-0.2, 0) is 9.59 Å². The molecule has 4 aliphatic rings. The van der Waals surface area contributed by atoms with Crippen molar-refractivity contribution < 1.29 is 14.0 Å². The lowest BCUT2D eigenvalue weighted by molar-refractivity contribution is -0.127. The van der Waals surface area contributed by atoms with E-state index < -0.39 is 11.6 Å². The van der Waals surface area contributed by atoms with Gasteiger partial charge in [0.25, 0.3) is 0 Å². The third-order valence-electron chi connectivity index (χ3n) is 6.65. The average Bonchev–Trinajstić information content (AvgIpc) is 2.77. The maximum atomic E-state index is 14.8. The number of carbonyl (C=O) groups excluding carboxylic acids is 2. The maximum absolute atomic E-state index is 14.8. The molecule has 0 amide bonds. The quantitative estimate of drug-likeness (QED) is 0.639. The molecule has 0 unspecified atom stereocenters. The Kier molecular flexibility index (Phi) is 2.74. The van der Waals surface area contributed by atoms with Crippen LogP contribution in [0.15, 0.2) is 35.5 Å². The second-order valence-corrected chi connectivity index (χ2v) is 7.70. The lowest BCUT2D eigenvalue weighted by Gasteiger charge is -2.51. The van der Waals surface area contributed by atoms with Crippen molar-refractivity contribution in [3.05, 3.63) is 35.5 Å². The highest BCUT2D eigenvalue weighted by molar-refractivity contribution is 6.01. The Morgan fingerprint density at radius 1 is 1.23 bits per heavy atom. The number of rotatable bonds is 0. The first-order valence-electron chi connectivity index (χ1n) is 8.19. The molecule has 0 aromatic rings. The fourth-order valence-electron chi connectivity index (χ4n) is 5.31. The van der Waals surface area contributed by atoms with Gasteiger partial charge in [0, 0.05) is 17.3 Å². The van der Waals surface area contributed by atoms with Gasteiger partial charge in [-0.25, -0.2) is 4.39 Å². The first-order valence-corrected chi connectivity index (χ1v) is 8.19. The van der Waals surface area contributed by atoms with Gasteiger partial charge in [-0.05, 0) is 55.7 Å². The fraction of sp³-hybridized carbons (Fsp3) is 0.579. The van der Waals surface area contributed by atoms with Gasteiger partial charge in [-0.15, -0.1) is 0 Å². The molecule has 0 aromatic carbocycles. The first kappa shape index (κ1) is 14.1. The van der Waals surface area contributed by atoms with Crippen LogP contribution in [0.5, 0.6) is 0 Å². The van der Waals surface area contributed by atoms with Crippen LogP contribution in [0.25, 0.3) is 0 Å². The molecule has 0 heterocycles. The summed E-state index contributed by atoms with van der Waals surface area (Å²) in [4.78, 5) is 23.9. The van der Waals surface area contributed by atoms with Crippen molar-refractivity contribution in [2.75, 3.05) is 0 Å². The van der Waals surface area contributed by atoms with E-state index in [-0.39, 0.29) is 23.0 Å². The van der Waals surface area contributed by atoms with E-state index in [2.05, 4.69) is 13.0 Å². The van der Waals surface area contributed by atoms with Crippen LogP contribution in [0.1, 0.15) is 39.5 Å². The molecule has 116 valence electrons. The number of fused-ring (bicyclic) bond motifs is 5. The number of halogens is 1. The van der Waals surface area contributed by atoms with E-state index in [0.29, 0.717) is 24.2 Å². The van der Waals surface area contributed by atoms with Crippen molar-refractivity contribution in [3.8, 4) is 0 Å². The second-order valence-electron chi connectivity index (χ2n) is 7.70. The summed E-state index contributed by atoms with van der Waals surface area (Å²) in [5, 5.41) is 0. The molecule has 4 aliphatic carbocycles. The Morgan fingerprint density at radius 2 is 2.00 bits per heavy atom. The minimum atomic E-state index is -1.08. The summed E-state index contributed by atoms with van der Waals surface area (Å²) < 4.78 is 14.8. The van der Waals surface area contributed by atoms with Gasteiger partial charge in [0.15, 0.2) is 5.78 Å².